The van der Waals surface area contributed by atoms with Gasteiger partial charge in [0.25, 0.3) is 0 Å². The minimum absolute atomic E-state index is 0.452. The van der Waals surface area contributed by atoms with Crippen LogP contribution in [0, 0.1) is 11.3 Å². The van der Waals surface area contributed by atoms with Crippen LogP contribution in [0.2, 0.25) is 0 Å². The molecule has 0 aliphatic carbocycles. The van der Waals surface area contributed by atoms with Gasteiger partial charge in [0.05, 0.1) is 12.7 Å². The van der Waals surface area contributed by atoms with Crippen molar-refractivity contribution in [3.8, 4) is 6.07 Å². The molecular formula is C8H16N2O. The zero-order chi connectivity index (χ0) is 8.74. The highest BCUT2D eigenvalue weighted by Gasteiger charge is 2.21. The fourth-order valence-corrected chi connectivity index (χ4v) is 0.819. The topological polar surface area (TPSA) is 45.0 Å². The number of nitrogens with zero attached hydrogens (tertiary/aromatic N) is 1. The van der Waals surface area contributed by atoms with E-state index in [0.29, 0.717) is 13.2 Å². The first-order chi connectivity index (χ1) is 5.18. The number of ether oxygens (including phenoxy) is 1. The number of hydrogen-bond donors (Lipinski definition) is 1. The van der Waals surface area contributed by atoms with E-state index >= 15 is 0 Å². The second-order valence-electron chi connectivity index (χ2n) is 2.61. The minimum Gasteiger partial charge on any atom is -0.379 e. The van der Waals surface area contributed by atoms with Gasteiger partial charge in [-0.2, -0.15) is 5.26 Å². The van der Waals surface area contributed by atoms with E-state index in [1.165, 1.54) is 0 Å². The number of hydrogen-bond acceptors (Lipinski definition) is 3. The third kappa shape index (κ3) is 3.97. The standard InChI is InChI=1S/C8H16N2O/c1-4-10-8(3,6-9)7-11-5-2/h10H,4-5,7H2,1-3H3. The maximum absolute atomic E-state index is 8.75. The molecule has 3 heteroatoms. The number of likely N-dealkylation sites (N-methyl/N-ethyl adjacent to an activating group) is 1. The summed E-state index contributed by atoms with van der Waals surface area (Å²) in [5.74, 6) is 0. The van der Waals surface area contributed by atoms with Gasteiger partial charge in [-0.05, 0) is 20.4 Å². The molecule has 0 saturated carbocycles. The molecule has 0 heterocycles. The van der Waals surface area contributed by atoms with Crippen molar-refractivity contribution in [2.24, 2.45) is 0 Å². The van der Waals surface area contributed by atoms with Gasteiger partial charge in [0.1, 0.15) is 5.54 Å². The van der Waals surface area contributed by atoms with Gasteiger partial charge < -0.3 is 4.74 Å². The van der Waals surface area contributed by atoms with Gasteiger partial charge in [0.15, 0.2) is 0 Å². The number of nitrogens with one attached hydrogen (secondary N) is 1. The van der Waals surface area contributed by atoms with Crippen LogP contribution in [-0.2, 0) is 4.74 Å². The molecule has 0 aromatic carbocycles. The van der Waals surface area contributed by atoms with Crippen LogP contribution in [0.5, 0.6) is 0 Å². The van der Waals surface area contributed by atoms with E-state index in [4.69, 9.17) is 10.00 Å². The van der Waals surface area contributed by atoms with E-state index in [1.54, 1.807) is 0 Å². The summed E-state index contributed by atoms with van der Waals surface area (Å²) < 4.78 is 5.16. The van der Waals surface area contributed by atoms with E-state index in [0.717, 1.165) is 6.54 Å². The van der Waals surface area contributed by atoms with Crippen LogP contribution in [0.1, 0.15) is 20.8 Å². The molecule has 0 spiro atoms. The first kappa shape index (κ1) is 10.4. The van der Waals surface area contributed by atoms with Gasteiger partial charge in [-0.15, -0.1) is 0 Å². The molecular weight excluding hydrogens is 140 g/mol. The predicted octanol–water partition coefficient (Wildman–Crippen LogP) is 0.915. The average molecular weight is 156 g/mol. The molecule has 1 unspecified atom stereocenters. The van der Waals surface area contributed by atoms with Crippen LogP contribution in [-0.4, -0.2) is 25.3 Å². The Kier molecular flexibility index (Phi) is 4.84. The van der Waals surface area contributed by atoms with Gasteiger partial charge in [0.2, 0.25) is 0 Å². The summed E-state index contributed by atoms with van der Waals surface area (Å²) in [5, 5.41) is 11.8. The van der Waals surface area contributed by atoms with Crippen LogP contribution in [0.3, 0.4) is 0 Å². The van der Waals surface area contributed by atoms with Crippen molar-refractivity contribution in [3.63, 3.8) is 0 Å². The van der Waals surface area contributed by atoms with Crippen molar-refractivity contribution in [1.82, 2.24) is 5.32 Å². The number of rotatable bonds is 5. The molecule has 0 rings (SSSR count). The van der Waals surface area contributed by atoms with Crippen molar-refractivity contribution in [1.29, 1.82) is 5.26 Å². The molecule has 11 heavy (non-hydrogen) atoms. The van der Waals surface area contributed by atoms with Gasteiger partial charge in [0, 0.05) is 6.61 Å². The highest BCUT2D eigenvalue weighted by molar-refractivity contribution is 5.03. The molecule has 0 aromatic rings. The van der Waals surface area contributed by atoms with Crippen LogP contribution in [0.4, 0.5) is 0 Å². The summed E-state index contributed by atoms with van der Waals surface area (Å²) in [6.07, 6.45) is 0. The Morgan fingerprint density at radius 3 is 2.55 bits per heavy atom. The Balaban J connectivity index is 3.81. The highest BCUT2D eigenvalue weighted by Crippen LogP contribution is 2.01. The lowest BCUT2D eigenvalue weighted by atomic mass is 10.1. The summed E-state index contributed by atoms with van der Waals surface area (Å²) in [7, 11) is 0. The Labute approximate surface area is 68.3 Å². The lowest BCUT2D eigenvalue weighted by Gasteiger charge is -2.21. The molecule has 0 bridgehead atoms. The highest BCUT2D eigenvalue weighted by atomic mass is 16.5. The SMILES string of the molecule is CCNC(C)(C#N)COCC. The summed E-state index contributed by atoms with van der Waals surface area (Å²) in [4.78, 5) is 0. The first-order valence-corrected chi connectivity index (χ1v) is 3.92. The molecule has 1 atom stereocenters. The normalized spacial score (nSPS) is 15.5. The molecule has 0 fully saturated rings. The second kappa shape index (κ2) is 5.11. The first-order valence-electron chi connectivity index (χ1n) is 3.92. The smallest absolute Gasteiger partial charge is 0.127 e. The van der Waals surface area contributed by atoms with Crippen molar-refractivity contribution in [2.75, 3.05) is 19.8 Å². The van der Waals surface area contributed by atoms with Crippen molar-refractivity contribution in [3.05, 3.63) is 0 Å². The Bertz CT molecular complexity index is 142. The molecule has 1 N–H and O–H groups in total. The quantitative estimate of drug-likeness (QED) is 0.643. The van der Waals surface area contributed by atoms with E-state index in [2.05, 4.69) is 11.4 Å². The van der Waals surface area contributed by atoms with Gasteiger partial charge in [-0.3, -0.25) is 5.32 Å². The zero-order valence-corrected chi connectivity index (χ0v) is 7.48. The van der Waals surface area contributed by atoms with E-state index < -0.39 is 5.54 Å². The Hall–Kier alpha value is -0.590. The summed E-state index contributed by atoms with van der Waals surface area (Å²) in [6, 6.07) is 2.18. The average Bonchev–Trinajstić information content (AvgIpc) is 2.02. The van der Waals surface area contributed by atoms with Crippen molar-refractivity contribution < 1.29 is 4.74 Å². The van der Waals surface area contributed by atoms with E-state index in [9.17, 15) is 0 Å². The van der Waals surface area contributed by atoms with Crippen LogP contribution < -0.4 is 5.32 Å². The molecule has 0 aliphatic heterocycles. The summed E-state index contributed by atoms with van der Waals surface area (Å²) >= 11 is 0. The fourth-order valence-electron chi connectivity index (χ4n) is 0.819. The predicted molar refractivity (Wildman–Crippen MR) is 44.2 cm³/mol. The van der Waals surface area contributed by atoms with Crippen molar-refractivity contribution >= 4 is 0 Å². The lowest BCUT2D eigenvalue weighted by molar-refractivity contribution is 0.107. The van der Waals surface area contributed by atoms with Crippen LogP contribution in [0.15, 0.2) is 0 Å². The largest absolute Gasteiger partial charge is 0.379 e. The third-order valence-electron chi connectivity index (χ3n) is 1.41. The van der Waals surface area contributed by atoms with Gasteiger partial charge in [-0.25, -0.2) is 0 Å². The second-order valence-corrected chi connectivity index (χ2v) is 2.61. The lowest BCUT2D eigenvalue weighted by Crippen LogP contribution is -2.45. The van der Waals surface area contributed by atoms with E-state index in [-0.39, 0.29) is 0 Å². The summed E-state index contributed by atoms with van der Waals surface area (Å²) in [5.41, 5.74) is -0.523. The molecule has 0 aliphatic rings. The molecule has 0 amide bonds. The zero-order valence-electron chi connectivity index (χ0n) is 7.48. The monoisotopic (exact) mass is 156 g/mol. The third-order valence-corrected chi connectivity index (χ3v) is 1.41. The molecule has 0 aromatic heterocycles. The molecule has 3 nitrogen and oxygen atoms in total. The minimum atomic E-state index is -0.523. The van der Waals surface area contributed by atoms with Crippen molar-refractivity contribution in [2.45, 2.75) is 26.3 Å². The molecule has 0 saturated heterocycles. The maximum atomic E-state index is 8.75. The van der Waals surface area contributed by atoms with Gasteiger partial charge in [-0.1, -0.05) is 6.92 Å². The summed E-state index contributed by atoms with van der Waals surface area (Å²) in [6.45, 7) is 7.63. The molecule has 0 radical (unpaired) electrons. The fraction of sp³-hybridized carbons (Fsp3) is 0.875. The Morgan fingerprint density at radius 2 is 2.18 bits per heavy atom. The molecule has 64 valence electrons. The Morgan fingerprint density at radius 1 is 1.55 bits per heavy atom. The van der Waals surface area contributed by atoms with Crippen LogP contribution in [0.25, 0.3) is 0 Å². The van der Waals surface area contributed by atoms with E-state index in [1.807, 2.05) is 20.8 Å². The van der Waals surface area contributed by atoms with Crippen LogP contribution >= 0.6 is 0 Å². The maximum Gasteiger partial charge on any atom is 0.127 e. The van der Waals surface area contributed by atoms with Gasteiger partial charge >= 0.3 is 0 Å². The number of nitriles is 1.